The molecule has 0 heterocycles. The lowest BCUT2D eigenvalue weighted by atomic mass is 10.1. The first-order valence-electron chi connectivity index (χ1n) is 4.00. The van der Waals surface area contributed by atoms with Gasteiger partial charge in [-0.25, -0.2) is 8.78 Å². The van der Waals surface area contributed by atoms with Crippen LogP contribution in [-0.4, -0.2) is 6.04 Å². The van der Waals surface area contributed by atoms with Gasteiger partial charge in [-0.05, 0) is 34.0 Å². The minimum Gasteiger partial charge on any atom is -0.327 e. The molecule has 1 aliphatic rings. The second-order valence-electron chi connectivity index (χ2n) is 3.27. The average molecular weight is 285 g/mol. The van der Waals surface area contributed by atoms with Crippen LogP contribution in [-0.2, 0) is 0 Å². The van der Waals surface area contributed by atoms with Gasteiger partial charge < -0.3 is 5.73 Å². The van der Waals surface area contributed by atoms with Crippen LogP contribution < -0.4 is 5.73 Å². The van der Waals surface area contributed by atoms with E-state index in [0.29, 0.717) is 5.56 Å². The molecule has 0 saturated heterocycles. The Kier molecular flexibility index (Phi) is 3.50. The summed E-state index contributed by atoms with van der Waals surface area (Å²) >= 11 is 2.92. The van der Waals surface area contributed by atoms with Gasteiger partial charge in [-0.2, -0.15) is 0 Å². The second kappa shape index (κ2) is 4.13. The molecule has 0 bridgehead atoms. The van der Waals surface area contributed by atoms with Crippen LogP contribution in [0, 0.1) is 11.6 Å². The lowest BCUT2D eigenvalue weighted by molar-refractivity contribution is 0.494. The largest absolute Gasteiger partial charge is 0.327 e. The van der Waals surface area contributed by atoms with E-state index in [4.69, 9.17) is 5.73 Å². The van der Waals surface area contributed by atoms with Crippen LogP contribution in [0.15, 0.2) is 16.6 Å². The van der Waals surface area contributed by atoms with E-state index in [9.17, 15) is 8.78 Å². The van der Waals surface area contributed by atoms with Crippen molar-refractivity contribution in [3.8, 4) is 0 Å². The molecular weight excluding hydrogens is 275 g/mol. The maximum absolute atomic E-state index is 13.3. The Morgan fingerprint density at radius 1 is 1.29 bits per heavy atom. The van der Waals surface area contributed by atoms with Crippen molar-refractivity contribution < 1.29 is 8.78 Å². The number of halogens is 4. The Hall–Kier alpha value is -0.190. The smallest absolute Gasteiger partial charge is 0.173 e. The predicted molar refractivity (Wildman–Crippen MR) is 56.6 cm³/mol. The minimum absolute atomic E-state index is 0. The van der Waals surface area contributed by atoms with E-state index in [0.717, 1.165) is 6.42 Å². The van der Waals surface area contributed by atoms with Crippen molar-refractivity contribution in [1.82, 2.24) is 0 Å². The first-order chi connectivity index (χ1) is 6.11. The summed E-state index contributed by atoms with van der Waals surface area (Å²) in [6.45, 7) is 0. The van der Waals surface area contributed by atoms with Gasteiger partial charge in [0.05, 0.1) is 4.47 Å². The highest BCUT2D eigenvalue weighted by Gasteiger charge is 2.37. The number of hydrogen-bond donors (Lipinski definition) is 1. The Morgan fingerprint density at radius 3 is 2.36 bits per heavy atom. The molecule has 2 atom stereocenters. The highest BCUT2D eigenvalue weighted by atomic mass is 79.9. The molecule has 1 aliphatic carbocycles. The minimum atomic E-state index is -0.823. The maximum atomic E-state index is 13.3. The second-order valence-corrected chi connectivity index (χ2v) is 4.12. The van der Waals surface area contributed by atoms with Gasteiger partial charge >= 0.3 is 0 Å². The fraction of sp³-hybridized carbons (Fsp3) is 0.333. The van der Waals surface area contributed by atoms with Crippen LogP contribution >= 0.6 is 28.3 Å². The molecule has 1 nitrogen and oxygen atoms in total. The Bertz CT molecular complexity index is 359. The molecule has 1 aromatic carbocycles. The molecule has 0 amide bonds. The summed E-state index contributed by atoms with van der Waals surface area (Å²) in [6, 6.07) is 3.09. The zero-order chi connectivity index (χ0) is 9.59. The zero-order valence-corrected chi connectivity index (χ0v) is 9.54. The molecule has 78 valence electrons. The quantitative estimate of drug-likeness (QED) is 0.788. The lowest BCUT2D eigenvalue weighted by Crippen LogP contribution is -2.03. The molecule has 1 fully saturated rings. The van der Waals surface area contributed by atoms with Gasteiger partial charge in [-0.15, -0.1) is 12.4 Å². The van der Waals surface area contributed by atoms with Crippen LogP contribution in [0.1, 0.15) is 17.9 Å². The van der Waals surface area contributed by atoms with Gasteiger partial charge in [-0.3, -0.25) is 0 Å². The normalized spacial score (nSPS) is 24.3. The molecule has 1 saturated carbocycles. The Morgan fingerprint density at radius 2 is 1.86 bits per heavy atom. The molecule has 2 rings (SSSR count). The van der Waals surface area contributed by atoms with Crippen molar-refractivity contribution in [3.63, 3.8) is 0 Å². The van der Waals surface area contributed by atoms with Crippen LogP contribution in [0.5, 0.6) is 0 Å². The molecular formula is C9H9BrClF2N. The van der Waals surface area contributed by atoms with Gasteiger partial charge in [0.2, 0.25) is 0 Å². The standard InChI is InChI=1S/C9H8BrF2N.ClH/c10-6-2-1-4(5-3-7(5)13)8(11)9(6)12;/h1-2,5,7H,3,13H2;1H/t5-,7+;/m0./s1. The van der Waals surface area contributed by atoms with E-state index < -0.39 is 11.6 Å². The molecule has 14 heavy (non-hydrogen) atoms. The first-order valence-corrected chi connectivity index (χ1v) is 4.79. The van der Waals surface area contributed by atoms with Crippen molar-refractivity contribution in [2.75, 3.05) is 0 Å². The van der Waals surface area contributed by atoms with Gasteiger partial charge in [0.15, 0.2) is 11.6 Å². The van der Waals surface area contributed by atoms with E-state index >= 15 is 0 Å². The van der Waals surface area contributed by atoms with Gasteiger partial charge in [0.1, 0.15) is 0 Å². The summed E-state index contributed by atoms with van der Waals surface area (Å²) in [6.07, 6.45) is 0.748. The summed E-state index contributed by atoms with van der Waals surface area (Å²) in [4.78, 5) is 0. The number of nitrogens with two attached hydrogens (primary N) is 1. The topological polar surface area (TPSA) is 26.0 Å². The van der Waals surface area contributed by atoms with E-state index in [1.807, 2.05) is 0 Å². The molecule has 1 aromatic rings. The summed E-state index contributed by atoms with van der Waals surface area (Å²) in [5.74, 6) is -1.59. The zero-order valence-electron chi connectivity index (χ0n) is 7.14. The van der Waals surface area contributed by atoms with E-state index in [-0.39, 0.29) is 28.8 Å². The fourth-order valence-electron chi connectivity index (χ4n) is 1.40. The van der Waals surface area contributed by atoms with E-state index in [2.05, 4.69) is 15.9 Å². The van der Waals surface area contributed by atoms with Crippen molar-refractivity contribution in [2.24, 2.45) is 5.73 Å². The van der Waals surface area contributed by atoms with Crippen molar-refractivity contribution in [1.29, 1.82) is 0 Å². The molecule has 0 aromatic heterocycles. The van der Waals surface area contributed by atoms with E-state index in [1.165, 1.54) is 6.07 Å². The molecule has 0 spiro atoms. The summed E-state index contributed by atoms with van der Waals surface area (Å²) in [5, 5.41) is 0. The van der Waals surface area contributed by atoms with Crippen molar-refractivity contribution in [3.05, 3.63) is 33.8 Å². The fourth-order valence-corrected chi connectivity index (χ4v) is 1.71. The lowest BCUT2D eigenvalue weighted by Gasteiger charge is -2.03. The van der Waals surface area contributed by atoms with Crippen LogP contribution in [0.3, 0.4) is 0 Å². The summed E-state index contributed by atoms with van der Waals surface area (Å²) in [5.41, 5.74) is 5.95. The van der Waals surface area contributed by atoms with Gasteiger partial charge in [0.25, 0.3) is 0 Å². The van der Waals surface area contributed by atoms with Crippen LogP contribution in [0.2, 0.25) is 0 Å². The molecule has 0 unspecified atom stereocenters. The number of hydrogen-bond acceptors (Lipinski definition) is 1. The van der Waals surface area contributed by atoms with Crippen LogP contribution in [0.4, 0.5) is 8.78 Å². The summed E-state index contributed by atoms with van der Waals surface area (Å²) in [7, 11) is 0. The Labute approximate surface area is 95.2 Å². The molecule has 2 N–H and O–H groups in total. The molecule has 5 heteroatoms. The third-order valence-electron chi connectivity index (χ3n) is 2.30. The van der Waals surface area contributed by atoms with Gasteiger partial charge in [0, 0.05) is 12.0 Å². The highest BCUT2D eigenvalue weighted by molar-refractivity contribution is 9.10. The monoisotopic (exact) mass is 283 g/mol. The SMILES string of the molecule is Cl.N[C@@H]1C[C@H]1c1ccc(Br)c(F)c1F. The van der Waals surface area contributed by atoms with Gasteiger partial charge in [-0.1, -0.05) is 6.07 Å². The Balaban J connectivity index is 0.000000980. The summed E-state index contributed by atoms with van der Waals surface area (Å²) < 4.78 is 26.5. The third-order valence-corrected chi connectivity index (χ3v) is 2.92. The van der Waals surface area contributed by atoms with Crippen LogP contribution in [0.25, 0.3) is 0 Å². The van der Waals surface area contributed by atoms with Crippen molar-refractivity contribution in [2.45, 2.75) is 18.4 Å². The first kappa shape index (κ1) is 11.9. The maximum Gasteiger partial charge on any atom is 0.173 e. The molecule has 0 aliphatic heterocycles. The van der Waals surface area contributed by atoms with Crippen molar-refractivity contribution >= 4 is 28.3 Å². The highest BCUT2D eigenvalue weighted by Crippen LogP contribution is 2.41. The number of benzene rings is 1. The average Bonchev–Trinajstić information content (AvgIpc) is 2.79. The number of rotatable bonds is 1. The predicted octanol–water partition coefficient (Wildman–Crippen LogP) is 2.96. The van der Waals surface area contributed by atoms with E-state index in [1.54, 1.807) is 6.07 Å². The third kappa shape index (κ3) is 1.92. The molecule has 0 radical (unpaired) electrons.